The summed E-state index contributed by atoms with van der Waals surface area (Å²) in [6, 6.07) is 8.02. The first kappa shape index (κ1) is 14.8. The maximum atomic E-state index is 10.1. The van der Waals surface area contributed by atoms with Crippen LogP contribution in [-0.4, -0.2) is 42.7 Å². The van der Waals surface area contributed by atoms with Gasteiger partial charge in [-0.05, 0) is 29.8 Å². The van der Waals surface area contributed by atoms with E-state index in [4.69, 9.17) is 9.57 Å². The maximum Gasteiger partial charge on any atom is 0.160 e. The van der Waals surface area contributed by atoms with Crippen LogP contribution in [0.1, 0.15) is 25.8 Å². The Morgan fingerprint density at radius 1 is 1.40 bits per heavy atom. The Morgan fingerprint density at radius 2 is 2.10 bits per heavy atom. The van der Waals surface area contributed by atoms with Gasteiger partial charge in [0.25, 0.3) is 0 Å². The normalized spacial score (nSPS) is 19.6. The summed E-state index contributed by atoms with van der Waals surface area (Å²) in [6.07, 6.45) is -0.219. The molecule has 2 rings (SSSR count). The number of rotatable bonds is 6. The Labute approximate surface area is 119 Å². The molecule has 0 aliphatic carbocycles. The van der Waals surface area contributed by atoms with Gasteiger partial charge >= 0.3 is 0 Å². The van der Waals surface area contributed by atoms with Gasteiger partial charge in [-0.15, -0.1) is 0 Å². The number of nitrogens with zero attached hydrogens (tertiary/aromatic N) is 1. The van der Waals surface area contributed by atoms with Crippen LogP contribution in [-0.2, 0) is 4.84 Å². The van der Waals surface area contributed by atoms with Crippen LogP contribution in [0.4, 0.5) is 0 Å². The van der Waals surface area contributed by atoms with Crippen LogP contribution in [0.25, 0.3) is 0 Å². The van der Waals surface area contributed by atoms with Crippen molar-refractivity contribution in [2.45, 2.75) is 38.5 Å². The van der Waals surface area contributed by atoms with E-state index >= 15 is 0 Å². The van der Waals surface area contributed by atoms with Crippen LogP contribution in [0.15, 0.2) is 29.4 Å². The van der Waals surface area contributed by atoms with Gasteiger partial charge in [0.2, 0.25) is 0 Å². The first-order chi connectivity index (χ1) is 9.60. The molecule has 0 bridgehead atoms. The lowest BCUT2D eigenvalue weighted by Crippen LogP contribution is -2.39. The van der Waals surface area contributed by atoms with Gasteiger partial charge in [0, 0.05) is 19.0 Å². The lowest BCUT2D eigenvalue weighted by molar-refractivity contribution is -0.0166. The molecule has 5 heteroatoms. The van der Waals surface area contributed by atoms with Gasteiger partial charge < -0.3 is 20.0 Å². The maximum absolute atomic E-state index is 10.1. The Balaban J connectivity index is 1.90. The molecule has 0 aromatic heterocycles. The zero-order chi connectivity index (χ0) is 14.5. The zero-order valence-corrected chi connectivity index (χ0v) is 12.2. The van der Waals surface area contributed by atoms with Crippen molar-refractivity contribution >= 4 is 5.71 Å². The summed E-state index contributed by atoms with van der Waals surface area (Å²) in [5.41, 5.74) is 1.86. The van der Waals surface area contributed by atoms with Crippen molar-refractivity contribution in [1.82, 2.24) is 5.32 Å². The van der Waals surface area contributed by atoms with Crippen molar-refractivity contribution in [2.24, 2.45) is 5.16 Å². The number of nitrogens with one attached hydrogen (secondary N) is 1. The van der Waals surface area contributed by atoms with E-state index in [-0.39, 0.29) is 6.10 Å². The molecule has 0 fully saturated rings. The molecule has 1 aromatic rings. The van der Waals surface area contributed by atoms with Gasteiger partial charge in [-0.3, -0.25) is 0 Å². The fourth-order valence-electron chi connectivity index (χ4n) is 2.04. The highest BCUT2D eigenvalue weighted by molar-refractivity contribution is 6.01. The van der Waals surface area contributed by atoms with Crippen molar-refractivity contribution < 1.29 is 14.7 Å². The van der Waals surface area contributed by atoms with E-state index in [0.717, 1.165) is 17.0 Å². The molecular formula is C15H22N2O3. The molecular weight excluding hydrogens is 256 g/mol. The number of aliphatic hydroxyl groups excluding tert-OH is 1. The minimum absolute atomic E-state index is 0.279. The van der Waals surface area contributed by atoms with E-state index in [0.29, 0.717) is 19.0 Å². The predicted molar refractivity (Wildman–Crippen MR) is 78.2 cm³/mol. The number of aliphatic hydroxyl groups is 1. The summed E-state index contributed by atoms with van der Waals surface area (Å²) in [4.78, 5) is 5.34. The van der Waals surface area contributed by atoms with E-state index in [1.54, 1.807) is 7.11 Å². The molecule has 0 unspecified atom stereocenters. The number of ether oxygens (including phenoxy) is 1. The summed E-state index contributed by atoms with van der Waals surface area (Å²) in [5, 5.41) is 17.3. The average molecular weight is 278 g/mol. The van der Waals surface area contributed by atoms with Crippen LogP contribution in [0.5, 0.6) is 5.75 Å². The van der Waals surface area contributed by atoms with Gasteiger partial charge in [-0.2, -0.15) is 0 Å². The van der Waals surface area contributed by atoms with Crippen LogP contribution >= 0.6 is 0 Å². The highest BCUT2D eigenvalue weighted by Gasteiger charge is 2.28. The first-order valence-electron chi connectivity index (χ1n) is 6.88. The van der Waals surface area contributed by atoms with E-state index in [9.17, 15) is 5.11 Å². The van der Waals surface area contributed by atoms with Gasteiger partial charge in [0.15, 0.2) is 6.10 Å². The predicted octanol–water partition coefficient (Wildman–Crippen LogP) is 1.55. The summed E-state index contributed by atoms with van der Waals surface area (Å²) in [6.45, 7) is 4.59. The molecule has 0 saturated carbocycles. The highest BCUT2D eigenvalue weighted by Crippen LogP contribution is 2.21. The van der Waals surface area contributed by atoms with E-state index in [1.165, 1.54) is 0 Å². The first-order valence-corrected chi connectivity index (χ1v) is 6.88. The van der Waals surface area contributed by atoms with Crippen LogP contribution < -0.4 is 10.1 Å². The lowest BCUT2D eigenvalue weighted by Gasteiger charge is -2.18. The van der Waals surface area contributed by atoms with Crippen molar-refractivity contribution in [1.29, 1.82) is 0 Å². The highest BCUT2D eigenvalue weighted by atomic mass is 16.7. The molecule has 0 radical (unpaired) electrons. The van der Waals surface area contributed by atoms with Crippen molar-refractivity contribution in [3.05, 3.63) is 29.8 Å². The quantitative estimate of drug-likeness (QED) is 0.828. The standard InChI is InChI=1S/C15H22N2O3/c1-10(2)16-9-14(18)15-8-13(17-20-15)11-4-6-12(19-3)7-5-11/h4-7,10,14-16,18H,8-9H2,1-3H3/t14-,15+/m0/s1. The second kappa shape index (κ2) is 6.72. The summed E-state index contributed by atoms with van der Waals surface area (Å²) < 4.78 is 5.13. The molecule has 1 heterocycles. The Bertz CT molecular complexity index is 457. The number of oxime groups is 1. The monoisotopic (exact) mass is 278 g/mol. The van der Waals surface area contributed by atoms with Crippen LogP contribution in [0.3, 0.4) is 0 Å². The zero-order valence-electron chi connectivity index (χ0n) is 12.2. The summed E-state index contributed by atoms with van der Waals surface area (Å²) >= 11 is 0. The molecule has 5 nitrogen and oxygen atoms in total. The lowest BCUT2D eigenvalue weighted by atomic mass is 10.0. The third kappa shape index (κ3) is 3.71. The van der Waals surface area contributed by atoms with Gasteiger partial charge in [-0.25, -0.2) is 0 Å². The fourth-order valence-corrected chi connectivity index (χ4v) is 2.04. The van der Waals surface area contributed by atoms with Gasteiger partial charge in [0.1, 0.15) is 11.9 Å². The fraction of sp³-hybridized carbons (Fsp3) is 0.533. The molecule has 2 N–H and O–H groups in total. The average Bonchev–Trinajstić information content (AvgIpc) is 2.94. The Hall–Kier alpha value is -1.59. The molecule has 110 valence electrons. The topological polar surface area (TPSA) is 63.1 Å². The van der Waals surface area contributed by atoms with E-state index in [1.807, 2.05) is 38.1 Å². The third-order valence-electron chi connectivity index (χ3n) is 3.28. The second-order valence-electron chi connectivity index (χ2n) is 5.24. The van der Waals surface area contributed by atoms with E-state index in [2.05, 4.69) is 10.5 Å². The van der Waals surface area contributed by atoms with Crippen molar-refractivity contribution in [3.8, 4) is 5.75 Å². The van der Waals surface area contributed by atoms with Crippen molar-refractivity contribution in [2.75, 3.05) is 13.7 Å². The smallest absolute Gasteiger partial charge is 0.160 e. The third-order valence-corrected chi connectivity index (χ3v) is 3.28. The van der Waals surface area contributed by atoms with Crippen LogP contribution in [0, 0.1) is 0 Å². The minimum atomic E-state index is -0.558. The molecule has 2 atom stereocenters. The van der Waals surface area contributed by atoms with Gasteiger partial charge in [-0.1, -0.05) is 19.0 Å². The van der Waals surface area contributed by atoms with Crippen LogP contribution in [0.2, 0.25) is 0 Å². The summed E-state index contributed by atoms with van der Waals surface area (Å²) in [7, 11) is 1.64. The number of benzene rings is 1. The number of hydrogen-bond acceptors (Lipinski definition) is 5. The molecule has 0 saturated heterocycles. The van der Waals surface area contributed by atoms with Crippen molar-refractivity contribution in [3.63, 3.8) is 0 Å². The molecule has 1 aromatic carbocycles. The second-order valence-corrected chi connectivity index (χ2v) is 5.24. The summed E-state index contributed by atoms with van der Waals surface area (Å²) in [5.74, 6) is 0.811. The minimum Gasteiger partial charge on any atom is -0.497 e. The molecule has 0 amide bonds. The Kier molecular flexibility index (Phi) is 4.98. The van der Waals surface area contributed by atoms with E-state index < -0.39 is 6.10 Å². The molecule has 20 heavy (non-hydrogen) atoms. The number of methoxy groups -OCH3 is 1. The van der Waals surface area contributed by atoms with Gasteiger partial charge in [0.05, 0.1) is 12.8 Å². The largest absolute Gasteiger partial charge is 0.497 e. The SMILES string of the molecule is COc1ccc(C2=NO[C@@H]([C@@H](O)CNC(C)C)C2)cc1. The Morgan fingerprint density at radius 3 is 2.70 bits per heavy atom. The molecule has 1 aliphatic rings. The number of hydrogen-bond donors (Lipinski definition) is 2. The molecule has 1 aliphatic heterocycles. The molecule has 0 spiro atoms.